The number of ether oxygens (including phenoxy) is 3. The van der Waals surface area contributed by atoms with E-state index >= 15 is 0 Å². The molecule has 0 bridgehead atoms. The zero-order chi connectivity index (χ0) is 27.0. The summed E-state index contributed by atoms with van der Waals surface area (Å²) >= 11 is 0. The number of ketones is 1. The maximum atomic E-state index is 14.2. The molecule has 5 rings (SSSR count). The minimum Gasteiger partial charge on any atom is -0.462 e. The van der Waals surface area contributed by atoms with Crippen LogP contribution < -0.4 is 5.32 Å². The number of carbonyl (C=O) groups is 2. The van der Waals surface area contributed by atoms with Gasteiger partial charge in [-0.25, -0.2) is 4.39 Å². The zero-order valence-corrected chi connectivity index (χ0v) is 21.9. The highest BCUT2D eigenvalue weighted by molar-refractivity contribution is 5.94. The highest BCUT2D eigenvalue weighted by atomic mass is 19.1. The van der Waals surface area contributed by atoms with Crippen molar-refractivity contribution in [2.75, 3.05) is 33.0 Å². The fraction of sp³-hybridized carbons (Fsp3) is 0.400. The number of hydrogen-bond acceptors (Lipinski definition) is 7. The van der Waals surface area contributed by atoms with Crippen LogP contribution in [0.5, 0.6) is 0 Å². The van der Waals surface area contributed by atoms with E-state index in [-0.39, 0.29) is 36.5 Å². The first kappa shape index (κ1) is 26.7. The summed E-state index contributed by atoms with van der Waals surface area (Å²) < 4.78 is 30.5. The third-order valence-corrected chi connectivity index (χ3v) is 7.34. The van der Waals surface area contributed by atoms with Crippen LogP contribution >= 0.6 is 0 Å². The van der Waals surface area contributed by atoms with Gasteiger partial charge in [0.1, 0.15) is 35.8 Å². The fourth-order valence-electron chi connectivity index (χ4n) is 5.17. The molecule has 0 saturated carbocycles. The lowest BCUT2D eigenvalue weighted by molar-refractivity contribution is -0.126. The van der Waals surface area contributed by atoms with Crippen LogP contribution in [-0.4, -0.2) is 60.5 Å². The van der Waals surface area contributed by atoms with Crippen molar-refractivity contribution in [1.82, 2.24) is 15.1 Å². The molecule has 0 spiro atoms. The predicted octanol–water partition coefficient (Wildman–Crippen LogP) is 4.06. The second-order valence-corrected chi connectivity index (χ2v) is 10.1. The molecular weight excluding hydrogens is 501 g/mol. The smallest absolute Gasteiger partial charge is 0.231 e. The van der Waals surface area contributed by atoms with Crippen LogP contribution in [0.4, 0.5) is 4.39 Å². The van der Waals surface area contributed by atoms with E-state index in [1.807, 2.05) is 41.4 Å². The van der Waals surface area contributed by atoms with Gasteiger partial charge in [-0.15, -0.1) is 0 Å². The Morgan fingerprint density at radius 1 is 1.13 bits per heavy atom. The average Bonchev–Trinajstić information content (AvgIpc) is 3.49. The molecule has 1 aromatic carbocycles. The summed E-state index contributed by atoms with van der Waals surface area (Å²) in [5.74, 6) is -0.0645. The van der Waals surface area contributed by atoms with Gasteiger partial charge in [-0.3, -0.25) is 9.59 Å². The van der Waals surface area contributed by atoms with Crippen LogP contribution in [0.1, 0.15) is 31.2 Å². The van der Waals surface area contributed by atoms with Crippen molar-refractivity contribution < 1.29 is 28.2 Å². The molecule has 206 valence electrons. The van der Waals surface area contributed by atoms with Gasteiger partial charge in [-0.1, -0.05) is 30.3 Å². The SMILES string of the molecule is O=C1C=CC(F)=C(C2=CN(CCCN3CCC(NC(=O)C(Cc4ccccc4)C4=COCO4)CC3)C=CO2)C1. The number of nitrogens with zero attached hydrogens (tertiary/aromatic N) is 2. The van der Waals surface area contributed by atoms with E-state index in [1.54, 1.807) is 12.5 Å². The molecule has 1 N–H and O–H groups in total. The Balaban J connectivity index is 1.06. The number of benzene rings is 1. The Morgan fingerprint density at radius 3 is 2.72 bits per heavy atom. The van der Waals surface area contributed by atoms with E-state index in [0.717, 1.165) is 51.0 Å². The number of likely N-dealkylation sites (tertiary alicyclic amines) is 1. The molecular formula is C30H34FN3O5. The van der Waals surface area contributed by atoms with E-state index in [1.165, 1.54) is 18.4 Å². The summed E-state index contributed by atoms with van der Waals surface area (Å²) in [6.07, 6.45) is 12.3. The van der Waals surface area contributed by atoms with Crippen molar-refractivity contribution in [2.24, 2.45) is 5.92 Å². The molecule has 4 aliphatic rings. The number of halogens is 1. The van der Waals surface area contributed by atoms with Crippen molar-refractivity contribution >= 4 is 11.7 Å². The first-order valence-electron chi connectivity index (χ1n) is 13.5. The van der Waals surface area contributed by atoms with E-state index < -0.39 is 11.7 Å². The molecule has 1 unspecified atom stereocenters. The number of rotatable bonds is 10. The summed E-state index contributed by atoms with van der Waals surface area (Å²) in [7, 11) is 0. The maximum Gasteiger partial charge on any atom is 0.231 e. The van der Waals surface area contributed by atoms with Gasteiger partial charge in [0.2, 0.25) is 12.7 Å². The number of carbonyl (C=O) groups excluding carboxylic acids is 2. The van der Waals surface area contributed by atoms with E-state index in [9.17, 15) is 14.0 Å². The molecule has 0 aromatic heterocycles. The highest BCUT2D eigenvalue weighted by Crippen LogP contribution is 2.28. The molecule has 0 radical (unpaired) electrons. The van der Waals surface area contributed by atoms with Gasteiger partial charge in [0, 0.05) is 50.1 Å². The quantitative estimate of drug-likeness (QED) is 0.484. The lowest BCUT2D eigenvalue weighted by Gasteiger charge is -2.33. The number of piperidine rings is 1. The minimum absolute atomic E-state index is 0.00668. The topological polar surface area (TPSA) is 80.3 Å². The molecule has 3 heterocycles. The summed E-state index contributed by atoms with van der Waals surface area (Å²) in [5, 5.41) is 3.24. The first-order valence-corrected chi connectivity index (χ1v) is 13.5. The second-order valence-electron chi connectivity index (χ2n) is 10.1. The molecule has 1 aliphatic carbocycles. The summed E-state index contributed by atoms with van der Waals surface area (Å²) in [5.41, 5.74) is 1.36. The summed E-state index contributed by atoms with van der Waals surface area (Å²) in [6, 6.07) is 10.1. The monoisotopic (exact) mass is 535 g/mol. The molecule has 1 aromatic rings. The fourth-order valence-corrected chi connectivity index (χ4v) is 5.17. The van der Waals surface area contributed by atoms with Gasteiger partial charge in [0.15, 0.2) is 5.78 Å². The van der Waals surface area contributed by atoms with Gasteiger partial charge >= 0.3 is 0 Å². The molecule has 1 saturated heterocycles. The molecule has 8 nitrogen and oxygen atoms in total. The Morgan fingerprint density at radius 2 is 1.95 bits per heavy atom. The van der Waals surface area contributed by atoms with E-state index in [0.29, 0.717) is 17.9 Å². The highest BCUT2D eigenvalue weighted by Gasteiger charge is 2.30. The van der Waals surface area contributed by atoms with Gasteiger partial charge in [-0.05, 0) is 49.9 Å². The van der Waals surface area contributed by atoms with E-state index in [2.05, 4.69) is 10.2 Å². The number of nitrogens with one attached hydrogen (secondary N) is 1. The Hall–Kier alpha value is -3.85. The average molecular weight is 536 g/mol. The van der Waals surface area contributed by atoms with Crippen molar-refractivity contribution in [1.29, 1.82) is 0 Å². The summed E-state index contributed by atoms with van der Waals surface area (Å²) in [6.45, 7) is 3.63. The summed E-state index contributed by atoms with van der Waals surface area (Å²) in [4.78, 5) is 29.3. The Labute approximate surface area is 228 Å². The number of hydrogen-bond donors (Lipinski definition) is 1. The van der Waals surface area contributed by atoms with Crippen LogP contribution in [0.15, 0.2) is 90.3 Å². The van der Waals surface area contributed by atoms with Crippen molar-refractivity contribution in [3.8, 4) is 0 Å². The van der Waals surface area contributed by atoms with Gasteiger partial charge in [0.05, 0.1) is 0 Å². The Bertz CT molecular complexity index is 1200. The van der Waals surface area contributed by atoms with Crippen LogP contribution in [0.25, 0.3) is 0 Å². The first-order chi connectivity index (χ1) is 19.0. The van der Waals surface area contributed by atoms with Crippen LogP contribution in [-0.2, 0) is 30.2 Å². The molecule has 1 atom stereocenters. The van der Waals surface area contributed by atoms with E-state index in [4.69, 9.17) is 14.2 Å². The van der Waals surface area contributed by atoms with Gasteiger partial charge < -0.3 is 29.3 Å². The Kier molecular flexibility index (Phi) is 8.78. The third kappa shape index (κ3) is 7.17. The lowest BCUT2D eigenvalue weighted by atomic mass is 9.95. The normalized spacial score (nSPS) is 20.6. The largest absolute Gasteiger partial charge is 0.462 e. The molecule has 3 aliphatic heterocycles. The molecule has 1 amide bonds. The van der Waals surface area contributed by atoms with Crippen LogP contribution in [0.3, 0.4) is 0 Å². The number of allylic oxidation sites excluding steroid dienone is 4. The third-order valence-electron chi connectivity index (χ3n) is 7.34. The molecule has 1 fully saturated rings. The zero-order valence-electron chi connectivity index (χ0n) is 21.9. The minimum atomic E-state index is -0.432. The van der Waals surface area contributed by atoms with Gasteiger partial charge in [0.25, 0.3) is 0 Å². The maximum absolute atomic E-state index is 14.2. The van der Waals surface area contributed by atoms with Crippen molar-refractivity contribution in [3.63, 3.8) is 0 Å². The number of amides is 1. The molecule has 9 heteroatoms. The second kappa shape index (κ2) is 12.8. The van der Waals surface area contributed by atoms with Crippen LogP contribution in [0.2, 0.25) is 0 Å². The van der Waals surface area contributed by atoms with Crippen molar-refractivity contribution in [3.05, 3.63) is 95.9 Å². The van der Waals surface area contributed by atoms with Crippen LogP contribution in [0, 0.1) is 5.92 Å². The predicted molar refractivity (Wildman–Crippen MR) is 143 cm³/mol. The lowest BCUT2D eigenvalue weighted by Crippen LogP contribution is -2.47. The van der Waals surface area contributed by atoms with Gasteiger partial charge in [-0.2, -0.15) is 0 Å². The molecule has 39 heavy (non-hydrogen) atoms. The van der Waals surface area contributed by atoms with Crippen molar-refractivity contribution in [2.45, 2.75) is 38.1 Å². The standard InChI is InChI=1S/C30H34FN3O5/c31-27-8-7-24(35)18-25(27)28-19-34(15-16-38-28)12-4-11-33-13-9-23(10-14-33)32-30(36)26(29-20-37-21-39-29)17-22-5-2-1-3-6-22/h1-3,5-8,15-16,19-20,23,26H,4,9-14,17-18,21H2,(H,32,36).